The van der Waals surface area contributed by atoms with E-state index in [0.717, 1.165) is 16.6 Å². The number of carbonyl (C=O) groups is 1. The van der Waals surface area contributed by atoms with Crippen LogP contribution in [0.1, 0.15) is 0 Å². The lowest BCUT2D eigenvalue weighted by atomic mass is 10.2. The lowest BCUT2D eigenvalue weighted by Crippen LogP contribution is -2.14. The van der Waals surface area contributed by atoms with Crippen molar-refractivity contribution in [2.75, 3.05) is 16.8 Å². The minimum atomic E-state index is -0.141. The van der Waals surface area contributed by atoms with Crippen molar-refractivity contribution in [3.8, 4) is 0 Å². The van der Waals surface area contributed by atoms with E-state index >= 15 is 0 Å². The molecule has 0 saturated carbocycles. The Balaban J connectivity index is 1.47. The molecule has 0 aliphatic heterocycles. The molecule has 1 aromatic carbocycles. The fraction of sp³-hybridized carbons (Fsp3) is 0.0625. The van der Waals surface area contributed by atoms with E-state index in [-0.39, 0.29) is 17.6 Å². The molecule has 3 aromatic heterocycles. The van der Waals surface area contributed by atoms with Gasteiger partial charge in [-0.05, 0) is 24.3 Å². The number of thioether (sulfide) groups is 1. The van der Waals surface area contributed by atoms with Crippen LogP contribution < -0.4 is 11.1 Å². The van der Waals surface area contributed by atoms with Crippen LogP contribution in [0.15, 0.2) is 47.9 Å². The van der Waals surface area contributed by atoms with Gasteiger partial charge in [0.2, 0.25) is 11.9 Å². The second-order valence-electron chi connectivity index (χ2n) is 5.24. The summed E-state index contributed by atoms with van der Waals surface area (Å²) in [5, 5.41) is 4.44. The summed E-state index contributed by atoms with van der Waals surface area (Å²) < 4.78 is 0. The molecular weight excluding hydrogens is 338 g/mol. The number of benzene rings is 1. The predicted molar refractivity (Wildman–Crippen MR) is 97.2 cm³/mol. The van der Waals surface area contributed by atoms with Crippen molar-refractivity contribution in [2.45, 2.75) is 5.03 Å². The van der Waals surface area contributed by atoms with Crippen molar-refractivity contribution < 1.29 is 4.79 Å². The van der Waals surface area contributed by atoms with Crippen LogP contribution in [-0.2, 0) is 4.79 Å². The molecule has 124 valence electrons. The van der Waals surface area contributed by atoms with Crippen LogP contribution in [0.25, 0.3) is 22.1 Å². The van der Waals surface area contributed by atoms with Crippen molar-refractivity contribution in [1.29, 1.82) is 0 Å². The van der Waals surface area contributed by atoms with E-state index in [1.165, 1.54) is 18.1 Å². The largest absolute Gasteiger partial charge is 0.368 e. The van der Waals surface area contributed by atoms with Gasteiger partial charge in [0.05, 0.1) is 17.6 Å². The number of nitrogens with zero attached hydrogens (tertiary/aromatic N) is 4. The number of rotatable bonds is 4. The normalized spacial score (nSPS) is 11.0. The van der Waals surface area contributed by atoms with E-state index in [9.17, 15) is 4.79 Å². The molecule has 0 bridgehead atoms. The van der Waals surface area contributed by atoms with Gasteiger partial charge in [-0.25, -0.2) is 9.97 Å². The number of aromatic nitrogens is 5. The number of hydrogen-bond donors (Lipinski definition) is 3. The predicted octanol–water partition coefficient (Wildman–Crippen LogP) is 2.21. The molecule has 8 nitrogen and oxygen atoms in total. The number of nitrogens with two attached hydrogens (primary N) is 1. The summed E-state index contributed by atoms with van der Waals surface area (Å²) in [4.78, 5) is 31.7. The highest BCUT2D eigenvalue weighted by Crippen LogP contribution is 2.24. The third-order valence-corrected chi connectivity index (χ3v) is 4.47. The fourth-order valence-electron chi connectivity index (χ4n) is 2.41. The number of imidazole rings is 1. The second kappa shape index (κ2) is 6.36. The highest BCUT2D eigenvalue weighted by molar-refractivity contribution is 8.00. The number of carbonyl (C=O) groups excluding carboxylic acids is 1. The molecule has 0 aliphatic carbocycles. The van der Waals surface area contributed by atoms with E-state index in [1.807, 2.05) is 30.3 Å². The van der Waals surface area contributed by atoms with Crippen molar-refractivity contribution >= 4 is 51.4 Å². The summed E-state index contributed by atoms with van der Waals surface area (Å²) in [6.45, 7) is 0. The van der Waals surface area contributed by atoms with Gasteiger partial charge in [-0.1, -0.05) is 17.8 Å². The Morgan fingerprint density at radius 3 is 3.08 bits per heavy atom. The summed E-state index contributed by atoms with van der Waals surface area (Å²) >= 11 is 1.27. The Labute approximate surface area is 146 Å². The number of nitrogen functional groups attached to an aromatic ring is 1. The minimum absolute atomic E-state index is 0.129. The average Bonchev–Trinajstić information content (AvgIpc) is 3.08. The van der Waals surface area contributed by atoms with Gasteiger partial charge in [-0.15, -0.1) is 0 Å². The molecule has 4 rings (SSSR count). The monoisotopic (exact) mass is 351 g/mol. The van der Waals surface area contributed by atoms with Gasteiger partial charge in [0.15, 0.2) is 5.65 Å². The van der Waals surface area contributed by atoms with E-state index in [4.69, 9.17) is 5.73 Å². The molecule has 1 amide bonds. The van der Waals surface area contributed by atoms with Gasteiger partial charge in [-0.3, -0.25) is 9.78 Å². The van der Waals surface area contributed by atoms with Crippen LogP contribution in [0.3, 0.4) is 0 Å². The van der Waals surface area contributed by atoms with Crippen molar-refractivity contribution in [2.24, 2.45) is 0 Å². The fourth-order valence-corrected chi connectivity index (χ4v) is 3.20. The molecule has 3 heterocycles. The molecule has 4 N–H and O–H groups in total. The average molecular weight is 351 g/mol. The maximum Gasteiger partial charge on any atom is 0.234 e. The number of pyridine rings is 1. The van der Waals surface area contributed by atoms with Crippen LogP contribution in [0.5, 0.6) is 0 Å². The third kappa shape index (κ3) is 3.22. The lowest BCUT2D eigenvalue weighted by molar-refractivity contribution is -0.113. The molecule has 0 aliphatic rings. The summed E-state index contributed by atoms with van der Waals surface area (Å²) in [6, 6.07) is 9.40. The number of H-pyrrole nitrogens is 1. The number of anilines is 2. The molecule has 0 fully saturated rings. The maximum absolute atomic E-state index is 12.2. The van der Waals surface area contributed by atoms with Crippen LogP contribution in [0.4, 0.5) is 11.6 Å². The van der Waals surface area contributed by atoms with Gasteiger partial charge in [0, 0.05) is 17.3 Å². The number of nitrogens with one attached hydrogen (secondary N) is 2. The van der Waals surface area contributed by atoms with Gasteiger partial charge in [0.1, 0.15) is 10.5 Å². The Morgan fingerprint density at radius 1 is 1.24 bits per heavy atom. The first-order valence-corrected chi connectivity index (χ1v) is 8.41. The van der Waals surface area contributed by atoms with Crippen LogP contribution in [0, 0.1) is 0 Å². The quantitative estimate of drug-likeness (QED) is 0.380. The maximum atomic E-state index is 12.2. The Bertz CT molecular complexity index is 1080. The highest BCUT2D eigenvalue weighted by Gasteiger charge is 2.11. The van der Waals surface area contributed by atoms with Crippen LogP contribution in [-0.4, -0.2) is 36.6 Å². The van der Waals surface area contributed by atoms with Gasteiger partial charge in [0.25, 0.3) is 0 Å². The summed E-state index contributed by atoms with van der Waals surface area (Å²) in [7, 11) is 0. The molecule has 0 spiro atoms. The molecule has 9 heteroatoms. The summed E-state index contributed by atoms with van der Waals surface area (Å²) in [6.07, 6.45) is 3.26. The minimum Gasteiger partial charge on any atom is -0.368 e. The zero-order valence-corrected chi connectivity index (χ0v) is 13.7. The van der Waals surface area contributed by atoms with Crippen LogP contribution >= 0.6 is 11.8 Å². The molecule has 0 atom stereocenters. The number of fused-ring (bicyclic) bond motifs is 2. The van der Waals surface area contributed by atoms with Crippen LogP contribution in [0.2, 0.25) is 0 Å². The van der Waals surface area contributed by atoms with E-state index in [2.05, 4.69) is 30.2 Å². The van der Waals surface area contributed by atoms with E-state index in [1.54, 1.807) is 6.20 Å². The van der Waals surface area contributed by atoms with Gasteiger partial charge < -0.3 is 16.0 Å². The first-order chi connectivity index (χ1) is 12.2. The molecular formula is C16H13N7OS. The molecule has 0 saturated heterocycles. The number of amides is 1. The molecule has 25 heavy (non-hydrogen) atoms. The molecule has 0 unspecified atom stereocenters. The smallest absolute Gasteiger partial charge is 0.234 e. The Kier molecular flexibility index (Phi) is 3.90. The first-order valence-electron chi connectivity index (χ1n) is 7.43. The van der Waals surface area contributed by atoms with Gasteiger partial charge in [-0.2, -0.15) is 4.98 Å². The van der Waals surface area contributed by atoms with E-state index < -0.39 is 0 Å². The second-order valence-corrected chi connectivity index (χ2v) is 6.20. The van der Waals surface area contributed by atoms with Crippen molar-refractivity contribution in [3.63, 3.8) is 0 Å². The molecule has 0 radical (unpaired) electrons. The van der Waals surface area contributed by atoms with Gasteiger partial charge >= 0.3 is 0 Å². The third-order valence-electron chi connectivity index (χ3n) is 3.50. The number of aromatic amines is 1. The topological polar surface area (TPSA) is 122 Å². The lowest BCUT2D eigenvalue weighted by Gasteiger charge is -2.06. The van der Waals surface area contributed by atoms with Crippen molar-refractivity contribution in [3.05, 3.63) is 42.9 Å². The van der Waals surface area contributed by atoms with E-state index in [0.29, 0.717) is 16.2 Å². The van der Waals surface area contributed by atoms with Crippen molar-refractivity contribution in [1.82, 2.24) is 24.9 Å². The Hall–Kier alpha value is -3.20. The number of hydrogen-bond acceptors (Lipinski definition) is 7. The SMILES string of the molecule is Nc1nc(SCC(=O)Nc2ccc3ncccc3c2)c2[nH]cnc2n1. The zero-order valence-electron chi connectivity index (χ0n) is 12.9. The summed E-state index contributed by atoms with van der Waals surface area (Å²) in [5.74, 6) is 0.179. The Morgan fingerprint density at radius 2 is 2.16 bits per heavy atom. The zero-order chi connectivity index (χ0) is 17.2. The summed E-state index contributed by atoms with van der Waals surface area (Å²) in [5.41, 5.74) is 8.43. The molecule has 4 aromatic rings. The standard InChI is InChI=1S/C16H13N7OS/c17-16-22-14-13(19-8-20-14)15(23-16)25-7-12(24)21-10-3-4-11-9(6-10)2-1-5-18-11/h1-6,8H,7H2,(H,21,24)(H3,17,19,20,22,23). The first kappa shape index (κ1) is 15.3. The highest BCUT2D eigenvalue weighted by atomic mass is 32.2.